The highest BCUT2D eigenvalue weighted by Crippen LogP contribution is 1.83. The Kier molecular flexibility index (Phi) is 13.3. The van der Waals surface area contributed by atoms with E-state index in [2.05, 4.69) is 4.89 Å². The Bertz CT molecular complexity index is 21.7. The molecule has 0 aliphatic rings. The van der Waals surface area contributed by atoms with Gasteiger partial charge in [-0.3, -0.25) is 5.26 Å². The standard InChI is InChI=1S/C4H10O2.H3N/c1-2-3-4-6-5;/h5H,2-4H2,1H3;1H3. The van der Waals surface area contributed by atoms with Crippen LogP contribution in [0.3, 0.4) is 0 Å². The maximum absolute atomic E-state index is 7.70. The number of hydrogen-bond acceptors (Lipinski definition) is 3. The molecule has 3 heteroatoms. The van der Waals surface area contributed by atoms with Crippen LogP contribution in [0.4, 0.5) is 0 Å². The fraction of sp³-hybridized carbons (Fsp3) is 1.00. The Morgan fingerprint density at radius 1 is 1.57 bits per heavy atom. The molecule has 0 rings (SSSR count). The van der Waals surface area contributed by atoms with Crippen LogP contribution in [0.5, 0.6) is 0 Å². The van der Waals surface area contributed by atoms with Gasteiger partial charge >= 0.3 is 0 Å². The molecule has 0 amide bonds. The highest BCUT2D eigenvalue weighted by molar-refractivity contribution is 4.24. The van der Waals surface area contributed by atoms with Crippen molar-refractivity contribution in [2.24, 2.45) is 0 Å². The van der Waals surface area contributed by atoms with Gasteiger partial charge in [-0.1, -0.05) is 13.3 Å². The largest absolute Gasteiger partial charge is 0.344 e. The number of unbranched alkanes of at least 4 members (excludes halogenated alkanes) is 1. The van der Waals surface area contributed by atoms with E-state index in [0.29, 0.717) is 6.61 Å². The zero-order valence-corrected chi connectivity index (χ0v) is 4.68. The van der Waals surface area contributed by atoms with Crippen molar-refractivity contribution >= 4 is 0 Å². The van der Waals surface area contributed by atoms with Gasteiger partial charge in [-0.15, -0.1) is 0 Å². The maximum atomic E-state index is 7.70. The Balaban J connectivity index is 0. The first kappa shape index (κ1) is 9.99. The smallest absolute Gasteiger partial charge is 0.0819 e. The van der Waals surface area contributed by atoms with Crippen LogP contribution in [-0.2, 0) is 4.89 Å². The SMILES string of the molecule is CCCCOO.N. The average Bonchev–Trinajstić information content (AvgIpc) is 1.61. The van der Waals surface area contributed by atoms with Crippen LogP contribution in [0, 0.1) is 0 Å². The predicted octanol–water partition coefficient (Wildman–Crippen LogP) is 1.44. The lowest BCUT2D eigenvalue weighted by molar-refractivity contribution is -0.242. The summed E-state index contributed by atoms with van der Waals surface area (Å²) in [6.07, 6.45) is 2.01. The van der Waals surface area contributed by atoms with Crippen molar-refractivity contribution in [3.05, 3.63) is 0 Å². The lowest BCUT2D eigenvalue weighted by Crippen LogP contribution is -1.84. The summed E-state index contributed by atoms with van der Waals surface area (Å²) in [7, 11) is 0. The maximum Gasteiger partial charge on any atom is 0.0819 e. The molecule has 3 nitrogen and oxygen atoms in total. The van der Waals surface area contributed by atoms with E-state index in [1.807, 2.05) is 6.92 Å². The third-order valence-electron chi connectivity index (χ3n) is 0.589. The first-order chi connectivity index (χ1) is 2.91. The van der Waals surface area contributed by atoms with Gasteiger partial charge in [0.15, 0.2) is 0 Å². The van der Waals surface area contributed by atoms with Gasteiger partial charge < -0.3 is 6.15 Å². The van der Waals surface area contributed by atoms with Gasteiger partial charge in [0.1, 0.15) is 0 Å². The van der Waals surface area contributed by atoms with Crippen LogP contribution in [0.25, 0.3) is 0 Å². The topological polar surface area (TPSA) is 64.5 Å². The molecule has 0 fully saturated rings. The van der Waals surface area contributed by atoms with Gasteiger partial charge in [-0.2, -0.15) is 0 Å². The molecule has 7 heavy (non-hydrogen) atoms. The molecule has 4 N–H and O–H groups in total. The van der Waals surface area contributed by atoms with Gasteiger partial charge in [0.25, 0.3) is 0 Å². The molecule has 0 aromatic rings. The summed E-state index contributed by atoms with van der Waals surface area (Å²) in [5.41, 5.74) is 0. The molecule has 46 valence electrons. The van der Waals surface area contributed by atoms with E-state index in [9.17, 15) is 0 Å². The second kappa shape index (κ2) is 9.30. The second-order valence-corrected chi connectivity index (χ2v) is 1.19. The molecule has 0 aliphatic carbocycles. The normalized spacial score (nSPS) is 7.71. The van der Waals surface area contributed by atoms with E-state index >= 15 is 0 Å². The predicted molar refractivity (Wildman–Crippen MR) is 28.5 cm³/mol. The van der Waals surface area contributed by atoms with E-state index in [1.165, 1.54) is 0 Å². The van der Waals surface area contributed by atoms with Crippen molar-refractivity contribution in [3.63, 3.8) is 0 Å². The van der Waals surface area contributed by atoms with Gasteiger partial charge in [0.2, 0.25) is 0 Å². The Morgan fingerprint density at radius 2 is 2.14 bits per heavy atom. The third kappa shape index (κ3) is 10.7. The first-order valence-corrected chi connectivity index (χ1v) is 2.18. The fourth-order valence-corrected chi connectivity index (χ4v) is 0.209. The molecule has 0 aliphatic heterocycles. The molecule has 0 heterocycles. The van der Waals surface area contributed by atoms with Gasteiger partial charge in [0, 0.05) is 0 Å². The summed E-state index contributed by atoms with van der Waals surface area (Å²) < 4.78 is 0. The Labute approximate surface area is 43.8 Å². The summed E-state index contributed by atoms with van der Waals surface area (Å²) in [6, 6.07) is 0. The van der Waals surface area contributed by atoms with Crippen molar-refractivity contribution in [1.82, 2.24) is 6.15 Å². The summed E-state index contributed by atoms with van der Waals surface area (Å²) in [5, 5.41) is 7.70. The Hall–Kier alpha value is -0.120. The van der Waals surface area contributed by atoms with Gasteiger partial charge in [0.05, 0.1) is 6.61 Å². The molecular formula is C4H13NO2. The molecule has 0 saturated carbocycles. The summed E-state index contributed by atoms with van der Waals surface area (Å²) in [6.45, 7) is 2.51. The quantitative estimate of drug-likeness (QED) is 0.326. The number of hydrogen-bond donors (Lipinski definition) is 2. The van der Waals surface area contributed by atoms with E-state index in [4.69, 9.17) is 5.26 Å². The molecule has 0 spiro atoms. The van der Waals surface area contributed by atoms with E-state index < -0.39 is 0 Å². The zero-order chi connectivity index (χ0) is 4.83. The average molecular weight is 107 g/mol. The summed E-state index contributed by atoms with van der Waals surface area (Å²) in [4.78, 5) is 3.78. The van der Waals surface area contributed by atoms with Crippen molar-refractivity contribution in [2.75, 3.05) is 6.61 Å². The summed E-state index contributed by atoms with van der Waals surface area (Å²) >= 11 is 0. The first-order valence-electron chi connectivity index (χ1n) is 2.18. The fourth-order valence-electron chi connectivity index (χ4n) is 0.209. The van der Waals surface area contributed by atoms with E-state index in [0.717, 1.165) is 12.8 Å². The zero-order valence-electron chi connectivity index (χ0n) is 4.68. The van der Waals surface area contributed by atoms with E-state index in [-0.39, 0.29) is 6.15 Å². The van der Waals surface area contributed by atoms with Crippen LogP contribution in [0.15, 0.2) is 0 Å². The van der Waals surface area contributed by atoms with Crippen LogP contribution in [0.2, 0.25) is 0 Å². The molecule has 0 atom stereocenters. The highest BCUT2D eigenvalue weighted by atomic mass is 17.1. The number of rotatable bonds is 3. The molecule has 0 unspecified atom stereocenters. The van der Waals surface area contributed by atoms with Crippen LogP contribution in [0.1, 0.15) is 19.8 Å². The van der Waals surface area contributed by atoms with Crippen LogP contribution < -0.4 is 6.15 Å². The van der Waals surface area contributed by atoms with Crippen molar-refractivity contribution in [2.45, 2.75) is 19.8 Å². The Morgan fingerprint density at radius 3 is 2.29 bits per heavy atom. The van der Waals surface area contributed by atoms with Crippen molar-refractivity contribution in [1.29, 1.82) is 0 Å². The van der Waals surface area contributed by atoms with Gasteiger partial charge in [-0.25, -0.2) is 4.89 Å². The lowest BCUT2D eigenvalue weighted by Gasteiger charge is -1.87. The second-order valence-electron chi connectivity index (χ2n) is 1.19. The molecular weight excluding hydrogens is 94.0 g/mol. The summed E-state index contributed by atoms with van der Waals surface area (Å²) in [5.74, 6) is 0. The van der Waals surface area contributed by atoms with E-state index in [1.54, 1.807) is 0 Å². The lowest BCUT2D eigenvalue weighted by atomic mass is 10.4. The van der Waals surface area contributed by atoms with Crippen molar-refractivity contribution < 1.29 is 10.1 Å². The molecule has 0 aromatic carbocycles. The van der Waals surface area contributed by atoms with Crippen LogP contribution >= 0.6 is 0 Å². The third-order valence-corrected chi connectivity index (χ3v) is 0.589. The van der Waals surface area contributed by atoms with Crippen LogP contribution in [-0.4, -0.2) is 11.9 Å². The van der Waals surface area contributed by atoms with Crippen molar-refractivity contribution in [3.8, 4) is 0 Å². The molecule has 0 bridgehead atoms. The van der Waals surface area contributed by atoms with Gasteiger partial charge in [-0.05, 0) is 6.42 Å². The minimum absolute atomic E-state index is 0. The molecule has 0 saturated heterocycles. The monoisotopic (exact) mass is 107 g/mol. The molecule has 0 radical (unpaired) electrons. The minimum Gasteiger partial charge on any atom is -0.344 e. The minimum atomic E-state index is 0. The highest BCUT2D eigenvalue weighted by Gasteiger charge is 1.76. The molecule has 0 aromatic heterocycles.